The molecule has 2 aromatic rings. The second kappa shape index (κ2) is 4.96. The summed E-state index contributed by atoms with van der Waals surface area (Å²) >= 11 is 0. The van der Waals surface area contributed by atoms with Crippen molar-refractivity contribution in [2.75, 3.05) is 0 Å². The number of rotatable bonds is 3. The highest BCUT2D eigenvalue weighted by Crippen LogP contribution is 2.33. The van der Waals surface area contributed by atoms with E-state index in [0.717, 1.165) is 24.1 Å². The Balaban J connectivity index is 2.25. The van der Waals surface area contributed by atoms with Crippen molar-refractivity contribution in [1.29, 1.82) is 0 Å². The zero-order chi connectivity index (χ0) is 13.1. The van der Waals surface area contributed by atoms with Gasteiger partial charge in [-0.05, 0) is 36.2 Å². The number of phenolic OH excluding ortho intramolecular Hbond substituents is 2. The Morgan fingerprint density at radius 3 is 2.44 bits per heavy atom. The predicted molar refractivity (Wildman–Crippen MR) is 65.6 cm³/mol. The fourth-order valence-corrected chi connectivity index (χ4v) is 1.55. The van der Waals surface area contributed by atoms with E-state index in [9.17, 15) is 14.6 Å². The normalized spacial score (nSPS) is 10.3. The lowest BCUT2D eigenvalue weighted by atomic mass is 10.1. The lowest BCUT2D eigenvalue weighted by molar-refractivity contribution is 0.400. The van der Waals surface area contributed by atoms with Gasteiger partial charge in [0.15, 0.2) is 23.1 Å². The molecular weight excluding hydrogens is 235 g/mol. The lowest BCUT2D eigenvalue weighted by Gasteiger charge is -2.09. The molecule has 0 fully saturated rings. The van der Waals surface area contributed by atoms with Crippen LogP contribution in [0.4, 0.5) is 4.39 Å². The highest BCUT2D eigenvalue weighted by Gasteiger charge is 2.07. The molecule has 0 amide bonds. The van der Waals surface area contributed by atoms with E-state index in [4.69, 9.17) is 4.74 Å². The molecular formula is C14H13FO3. The van der Waals surface area contributed by atoms with Gasteiger partial charge in [-0.2, -0.15) is 0 Å². The van der Waals surface area contributed by atoms with Crippen LogP contribution in [0, 0.1) is 5.82 Å². The fourth-order valence-electron chi connectivity index (χ4n) is 1.55. The average molecular weight is 248 g/mol. The van der Waals surface area contributed by atoms with E-state index in [2.05, 4.69) is 0 Å². The van der Waals surface area contributed by atoms with E-state index in [1.54, 1.807) is 12.1 Å². The highest BCUT2D eigenvalue weighted by molar-refractivity contribution is 5.45. The van der Waals surface area contributed by atoms with E-state index in [-0.39, 0.29) is 17.2 Å². The van der Waals surface area contributed by atoms with Crippen LogP contribution < -0.4 is 4.74 Å². The molecule has 0 saturated carbocycles. The fraction of sp³-hybridized carbons (Fsp3) is 0.143. The van der Waals surface area contributed by atoms with Crippen LogP contribution >= 0.6 is 0 Å². The smallest absolute Gasteiger partial charge is 0.169 e. The molecule has 0 aliphatic carbocycles. The molecule has 0 radical (unpaired) electrons. The van der Waals surface area contributed by atoms with Gasteiger partial charge in [0, 0.05) is 6.07 Å². The third-order valence-electron chi connectivity index (χ3n) is 2.58. The Labute approximate surface area is 104 Å². The third-order valence-corrected chi connectivity index (χ3v) is 2.58. The molecule has 0 spiro atoms. The minimum Gasteiger partial charge on any atom is -0.505 e. The van der Waals surface area contributed by atoms with Gasteiger partial charge in [0.25, 0.3) is 0 Å². The molecule has 3 nitrogen and oxygen atoms in total. The second-order valence-electron chi connectivity index (χ2n) is 3.87. The summed E-state index contributed by atoms with van der Waals surface area (Å²) in [5, 5.41) is 19.0. The van der Waals surface area contributed by atoms with Gasteiger partial charge < -0.3 is 14.9 Å². The largest absolute Gasteiger partial charge is 0.505 e. The third kappa shape index (κ3) is 2.53. The van der Waals surface area contributed by atoms with E-state index in [0.29, 0.717) is 0 Å². The van der Waals surface area contributed by atoms with Crippen LogP contribution in [-0.4, -0.2) is 10.2 Å². The first-order valence-electron chi connectivity index (χ1n) is 5.58. The van der Waals surface area contributed by atoms with Crippen LogP contribution in [-0.2, 0) is 6.42 Å². The molecule has 4 heteroatoms. The van der Waals surface area contributed by atoms with E-state index in [1.165, 1.54) is 6.07 Å². The Bertz CT molecular complexity index is 567. The molecule has 2 aromatic carbocycles. The minimum absolute atomic E-state index is 0.0122. The summed E-state index contributed by atoms with van der Waals surface area (Å²) in [7, 11) is 0. The molecule has 0 atom stereocenters. The molecule has 2 N–H and O–H groups in total. The first-order valence-corrected chi connectivity index (χ1v) is 5.58. The van der Waals surface area contributed by atoms with Gasteiger partial charge in [-0.15, -0.1) is 0 Å². The van der Waals surface area contributed by atoms with Crippen molar-refractivity contribution in [2.24, 2.45) is 0 Å². The average Bonchev–Trinajstić information content (AvgIpc) is 2.36. The maximum atomic E-state index is 12.9. The van der Waals surface area contributed by atoms with Crippen molar-refractivity contribution in [2.45, 2.75) is 13.3 Å². The summed E-state index contributed by atoms with van der Waals surface area (Å²) in [6.45, 7) is 1.98. The lowest BCUT2D eigenvalue weighted by Crippen LogP contribution is -1.87. The SMILES string of the molecule is CCc1ccc(Oc2ccc(F)c(O)c2)c(O)c1. The van der Waals surface area contributed by atoms with Crippen LogP contribution in [0.3, 0.4) is 0 Å². The molecule has 0 unspecified atom stereocenters. The zero-order valence-electron chi connectivity index (χ0n) is 9.85. The standard InChI is InChI=1S/C14H13FO3/c1-2-9-3-6-14(13(17)7-9)18-10-4-5-11(15)12(16)8-10/h3-8,16-17H,2H2,1H3. The van der Waals surface area contributed by atoms with Crippen molar-refractivity contribution in [3.63, 3.8) is 0 Å². The van der Waals surface area contributed by atoms with Gasteiger partial charge in [0.05, 0.1) is 0 Å². The number of ether oxygens (including phenoxy) is 1. The molecule has 0 saturated heterocycles. The number of hydrogen-bond acceptors (Lipinski definition) is 3. The summed E-state index contributed by atoms with van der Waals surface area (Å²) in [4.78, 5) is 0. The van der Waals surface area contributed by atoms with Crippen molar-refractivity contribution in [3.05, 3.63) is 47.8 Å². The van der Waals surface area contributed by atoms with Crippen LogP contribution in [0.2, 0.25) is 0 Å². The van der Waals surface area contributed by atoms with Crippen molar-refractivity contribution in [1.82, 2.24) is 0 Å². The number of phenols is 2. The van der Waals surface area contributed by atoms with Crippen LogP contribution in [0.15, 0.2) is 36.4 Å². The Kier molecular flexibility index (Phi) is 3.37. The molecule has 0 aromatic heterocycles. The highest BCUT2D eigenvalue weighted by atomic mass is 19.1. The maximum absolute atomic E-state index is 12.9. The number of hydrogen-bond donors (Lipinski definition) is 2. The predicted octanol–water partition coefficient (Wildman–Crippen LogP) is 3.59. The molecule has 2 rings (SSSR count). The van der Waals surface area contributed by atoms with Gasteiger partial charge in [0.1, 0.15) is 5.75 Å². The van der Waals surface area contributed by atoms with Gasteiger partial charge in [0.2, 0.25) is 0 Å². The Morgan fingerprint density at radius 1 is 1.06 bits per heavy atom. The first-order chi connectivity index (χ1) is 8.60. The van der Waals surface area contributed by atoms with Crippen molar-refractivity contribution >= 4 is 0 Å². The summed E-state index contributed by atoms with van der Waals surface area (Å²) in [5.74, 6) is -0.671. The van der Waals surface area contributed by atoms with Crippen LogP contribution in [0.25, 0.3) is 0 Å². The summed E-state index contributed by atoms with van der Waals surface area (Å²) < 4.78 is 18.2. The second-order valence-corrected chi connectivity index (χ2v) is 3.87. The van der Waals surface area contributed by atoms with Crippen LogP contribution in [0.5, 0.6) is 23.0 Å². The number of aromatic hydroxyl groups is 2. The Hall–Kier alpha value is -2.23. The number of aryl methyl sites for hydroxylation is 1. The van der Waals surface area contributed by atoms with Gasteiger partial charge in [-0.3, -0.25) is 0 Å². The molecule has 0 heterocycles. The topological polar surface area (TPSA) is 49.7 Å². The summed E-state index contributed by atoms with van der Waals surface area (Å²) in [5.41, 5.74) is 0.988. The minimum atomic E-state index is -0.715. The molecule has 18 heavy (non-hydrogen) atoms. The van der Waals surface area contributed by atoms with E-state index >= 15 is 0 Å². The first kappa shape index (κ1) is 12.2. The quantitative estimate of drug-likeness (QED) is 0.872. The summed E-state index contributed by atoms with van der Waals surface area (Å²) in [6.07, 6.45) is 0.811. The maximum Gasteiger partial charge on any atom is 0.169 e. The van der Waals surface area contributed by atoms with Crippen molar-refractivity contribution < 1.29 is 19.3 Å². The van der Waals surface area contributed by atoms with E-state index in [1.807, 2.05) is 13.0 Å². The summed E-state index contributed by atoms with van der Waals surface area (Å²) in [6, 6.07) is 8.71. The van der Waals surface area contributed by atoms with Gasteiger partial charge >= 0.3 is 0 Å². The van der Waals surface area contributed by atoms with Crippen LogP contribution in [0.1, 0.15) is 12.5 Å². The Morgan fingerprint density at radius 2 is 1.83 bits per heavy atom. The van der Waals surface area contributed by atoms with Gasteiger partial charge in [-0.1, -0.05) is 13.0 Å². The zero-order valence-corrected chi connectivity index (χ0v) is 9.85. The van der Waals surface area contributed by atoms with Gasteiger partial charge in [-0.25, -0.2) is 4.39 Å². The molecule has 0 bridgehead atoms. The molecule has 0 aliphatic rings. The molecule has 0 aliphatic heterocycles. The van der Waals surface area contributed by atoms with Crippen molar-refractivity contribution in [3.8, 4) is 23.0 Å². The van der Waals surface area contributed by atoms with E-state index < -0.39 is 11.6 Å². The molecule has 94 valence electrons. The number of halogens is 1. The monoisotopic (exact) mass is 248 g/mol. The number of benzene rings is 2.